The maximum atomic E-state index is 14.7. The number of aromatic nitrogens is 4. The number of hydrogen-bond donors (Lipinski definition) is 3. The molecule has 208 valence electrons. The van der Waals surface area contributed by atoms with Gasteiger partial charge in [0.2, 0.25) is 5.95 Å². The van der Waals surface area contributed by atoms with Gasteiger partial charge in [0.15, 0.2) is 5.82 Å². The smallest absolute Gasteiger partial charge is 0.220 e. The average molecular weight is 549 g/mol. The third-order valence-corrected chi connectivity index (χ3v) is 7.31. The largest absolute Gasteiger partial charge is 0.393 e. The molecule has 1 saturated heterocycles. The van der Waals surface area contributed by atoms with Gasteiger partial charge in [-0.3, -0.25) is 4.90 Å². The Morgan fingerprint density at radius 2 is 1.89 bits per heavy atom. The lowest BCUT2D eigenvalue weighted by Crippen LogP contribution is -2.46. The molecule has 0 radical (unpaired) electrons. The Morgan fingerprint density at radius 3 is 2.53 bits per heavy atom. The number of imidazole rings is 1. The summed E-state index contributed by atoms with van der Waals surface area (Å²) >= 11 is 6.15. The summed E-state index contributed by atoms with van der Waals surface area (Å²) in [7, 11) is 0. The summed E-state index contributed by atoms with van der Waals surface area (Å²) in [4.78, 5) is 14.7. The first-order valence-electron chi connectivity index (χ1n) is 13.2. The van der Waals surface area contributed by atoms with E-state index in [2.05, 4.69) is 19.9 Å². The number of aliphatic hydroxyl groups is 2. The maximum Gasteiger partial charge on any atom is 0.220 e. The SMILES string of the molecule is CC(C)n1c(C(C)(C)O)nc2c(F)cc(-c3nc(N)ncc3Cl)cc21.OC1CCCC(N2CCOCC2)C1. The minimum absolute atomic E-state index is 0.0352. The van der Waals surface area contributed by atoms with Crippen LogP contribution in [-0.2, 0) is 10.3 Å². The molecule has 11 heteroatoms. The van der Waals surface area contributed by atoms with E-state index in [0.29, 0.717) is 28.6 Å². The van der Waals surface area contributed by atoms with Crippen LogP contribution >= 0.6 is 11.6 Å². The molecule has 1 aromatic carbocycles. The van der Waals surface area contributed by atoms with Gasteiger partial charge in [0, 0.05) is 30.7 Å². The van der Waals surface area contributed by atoms with E-state index in [4.69, 9.17) is 22.1 Å². The van der Waals surface area contributed by atoms with Crippen molar-refractivity contribution >= 4 is 28.6 Å². The fourth-order valence-corrected chi connectivity index (χ4v) is 5.44. The topological polar surface area (TPSA) is 123 Å². The molecule has 2 aromatic heterocycles. The van der Waals surface area contributed by atoms with Gasteiger partial charge < -0.3 is 25.3 Å². The van der Waals surface area contributed by atoms with Gasteiger partial charge in [-0.15, -0.1) is 0 Å². The van der Waals surface area contributed by atoms with Crippen LogP contribution in [0.25, 0.3) is 22.3 Å². The van der Waals surface area contributed by atoms with Crippen LogP contribution in [0.3, 0.4) is 0 Å². The van der Waals surface area contributed by atoms with E-state index in [0.717, 1.165) is 39.1 Å². The molecule has 3 aromatic rings. The summed E-state index contributed by atoms with van der Waals surface area (Å²) in [5.41, 5.74) is 5.96. The predicted octanol–water partition coefficient (Wildman–Crippen LogP) is 4.30. The van der Waals surface area contributed by atoms with E-state index in [9.17, 15) is 14.6 Å². The van der Waals surface area contributed by atoms with Crippen molar-refractivity contribution in [3.8, 4) is 11.3 Å². The van der Waals surface area contributed by atoms with Crippen LogP contribution < -0.4 is 5.73 Å². The molecule has 5 rings (SSSR count). The summed E-state index contributed by atoms with van der Waals surface area (Å²) in [6.07, 6.45) is 5.74. The number of hydrogen-bond acceptors (Lipinski definition) is 8. The normalized spacial score (nSPS) is 21.0. The molecule has 0 bridgehead atoms. The van der Waals surface area contributed by atoms with E-state index in [1.165, 1.54) is 25.1 Å². The highest BCUT2D eigenvalue weighted by Gasteiger charge is 2.28. The molecule has 2 aliphatic rings. The fourth-order valence-electron chi connectivity index (χ4n) is 5.24. The van der Waals surface area contributed by atoms with Gasteiger partial charge in [0.25, 0.3) is 0 Å². The van der Waals surface area contributed by atoms with Crippen molar-refractivity contribution < 1.29 is 19.3 Å². The van der Waals surface area contributed by atoms with Gasteiger partial charge in [-0.25, -0.2) is 19.3 Å². The van der Waals surface area contributed by atoms with Crippen molar-refractivity contribution in [1.82, 2.24) is 24.4 Å². The maximum absolute atomic E-state index is 14.7. The lowest BCUT2D eigenvalue weighted by molar-refractivity contribution is -0.00971. The van der Waals surface area contributed by atoms with E-state index in [-0.39, 0.29) is 28.6 Å². The second-order valence-corrected chi connectivity index (χ2v) is 11.2. The summed E-state index contributed by atoms with van der Waals surface area (Å²) in [5.74, 6) is -0.0815. The van der Waals surface area contributed by atoms with Crippen LogP contribution in [0.5, 0.6) is 0 Å². The monoisotopic (exact) mass is 548 g/mol. The number of ether oxygens (including phenoxy) is 1. The van der Waals surface area contributed by atoms with E-state index >= 15 is 0 Å². The lowest BCUT2D eigenvalue weighted by Gasteiger charge is -2.38. The standard InChI is InChI=1S/C17H19ClFN5O.C10H19NO2/c1-8(2)24-12-6-9(13-10(18)7-21-16(20)23-13)5-11(19)14(12)22-15(24)17(3,4)25;12-10-3-1-2-9(8-10)11-4-6-13-7-5-11/h5-8,25H,1-4H3,(H2,20,21,23);9-10,12H,1-8H2. The summed E-state index contributed by atoms with van der Waals surface area (Å²) in [5, 5.41) is 20.2. The van der Waals surface area contributed by atoms with Crippen LogP contribution in [-0.4, -0.2) is 73.1 Å². The van der Waals surface area contributed by atoms with Crippen molar-refractivity contribution in [3.05, 3.63) is 35.0 Å². The molecular formula is C27H38ClFN6O3. The highest BCUT2D eigenvalue weighted by atomic mass is 35.5. The molecule has 1 aliphatic heterocycles. The molecule has 0 amide bonds. The number of morpholine rings is 1. The average Bonchev–Trinajstić information content (AvgIpc) is 3.28. The molecule has 3 heterocycles. The zero-order valence-electron chi connectivity index (χ0n) is 22.5. The first-order valence-corrected chi connectivity index (χ1v) is 13.6. The summed E-state index contributed by atoms with van der Waals surface area (Å²) in [6, 6.07) is 3.63. The molecule has 38 heavy (non-hydrogen) atoms. The Bertz CT molecular complexity index is 1260. The second-order valence-electron chi connectivity index (χ2n) is 10.8. The van der Waals surface area contributed by atoms with Crippen LogP contribution in [0.2, 0.25) is 5.02 Å². The predicted molar refractivity (Wildman–Crippen MR) is 146 cm³/mol. The number of nitrogens with two attached hydrogens (primary N) is 1. The number of aliphatic hydroxyl groups excluding tert-OH is 1. The Kier molecular flexibility index (Phi) is 8.89. The quantitative estimate of drug-likeness (QED) is 0.441. The second kappa shape index (κ2) is 11.8. The molecule has 4 N–H and O–H groups in total. The highest BCUT2D eigenvalue weighted by Crippen LogP contribution is 2.34. The van der Waals surface area contributed by atoms with Crippen LogP contribution in [0.4, 0.5) is 10.3 Å². The van der Waals surface area contributed by atoms with Gasteiger partial charge in [0.05, 0.1) is 41.7 Å². The van der Waals surface area contributed by atoms with Gasteiger partial charge in [-0.05, 0) is 65.5 Å². The van der Waals surface area contributed by atoms with E-state index in [1.807, 2.05) is 13.8 Å². The Balaban J connectivity index is 0.000000216. The number of nitrogens with zero attached hydrogens (tertiary/aromatic N) is 5. The van der Waals surface area contributed by atoms with Crippen molar-refractivity contribution in [2.75, 3.05) is 32.0 Å². The molecule has 2 unspecified atom stereocenters. The van der Waals surface area contributed by atoms with Crippen molar-refractivity contribution in [2.24, 2.45) is 0 Å². The minimum atomic E-state index is -1.22. The third-order valence-electron chi connectivity index (χ3n) is 7.03. The Labute approximate surface area is 227 Å². The van der Waals surface area contributed by atoms with Crippen molar-refractivity contribution in [3.63, 3.8) is 0 Å². The fraction of sp³-hybridized carbons (Fsp3) is 0.593. The van der Waals surface area contributed by atoms with Crippen LogP contribution in [0, 0.1) is 5.82 Å². The summed E-state index contributed by atoms with van der Waals surface area (Å²) < 4.78 is 21.9. The van der Waals surface area contributed by atoms with E-state index < -0.39 is 11.4 Å². The number of halogens is 2. The molecule has 2 atom stereocenters. The minimum Gasteiger partial charge on any atom is -0.393 e. The zero-order chi connectivity index (χ0) is 27.6. The Hall–Kier alpha value is -2.37. The van der Waals surface area contributed by atoms with Crippen LogP contribution in [0.1, 0.15) is 65.2 Å². The molecule has 9 nitrogen and oxygen atoms in total. The molecule has 1 aliphatic carbocycles. The van der Waals surface area contributed by atoms with Gasteiger partial charge in [0.1, 0.15) is 16.9 Å². The van der Waals surface area contributed by atoms with Gasteiger partial charge >= 0.3 is 0 Å². The summed E-state index contributed by atoms with van der Waals surface area (Å²) in [6.45, 7) is 11.0. The first kappa shape index (κ1) is 28.6. The number of fused-ring (bicyclic) bond motifs is 1. The first-order chi connectivity index (χ1) is 18.0. The molecular weight excluding hydrogens is 511 g/mol. The zero-order valence-corrected chi connectivity index (χ0v) is 23.2. The number of rotatable bonds is 4. The van der Waals surface area contributed by atoms with Crippen molar-refractivity contribution in [2.45, 2.75) is 77.2 Å². The Morgan fingerprint density at radius 1 is 1.18 bits per heavy atom. The van der Waals surface area contributed by atoms with Crippen molar-refractivity contribution in [1.29, 1.82) is 0 Å². The van der Waals surface area contributed by atoms with Gasteiger partial charge in [-0.1, -0.05) is 11.6 Å². The lowest BCUT2D eigenvalue weighted by atomic mass is 9.92. The highest BCUT2D eigenvalue weighted by molar-refractivity contribution is 6.33. The molecule has 1 saturated carbocycles. The van der Waals surface area contributed by atoms with Gasteiger partial charge in [-0.2, -0.15) is 0 Å². The van der Waals surface area contributed by atoms with Crippen LogP contribution in [0.15, 0.2) is 18.3 Å². The third kappa shape index (κ3) is 6.43. The number of anilines is 1. The number of nitrogen functional groups attached to an aromatic ring is 1. The molecule has 2 fully saturated rings. The molecule has 0 spiro atoms. The number of benzene rings is 1. The van der Waals surface area contributed by atoms with E-state index in [1.54, 1.807) is 24.5 Å².